The molecule has 0 saturated heterocycles. The number of benzene rings is 11. The highest BCUT2D eigenvalue weighted by Crippen LogP contribution is 2.40. The van der Waals surface area contributed by atoms with Gasteiger partial charge in [0.15, 0.2) is 5.82 Å². The largest absolute Gasteiger partial charge is 0.309 e. The van der Waals surface area contributed by atoms with E-state index < -0.39 is 0 Å². The molecule has 15 aromatic rings. The first-order valence-corrected chi connectivity index (χ1v) is 26.4. The van der Waals surface area contributed by atoms with E-state index in [0.717, 1.165) is 78.7 Å². The number of aryl methyl sites for hydroxylation is 2. The Morgan fingerprint density at radius 2 is 0.519 bits per heavy atom. The van der Waals surface area contributed by atoms with E-state index in [1.807, 2.05) is 0 Å². The molecule has 0 unspecified atom stereocenters. The van der Waals surface area contributed by atoms with Crippen LogP contribution in [-0.2, 0) is 0 Å². The number of aromatic nitrogens is 5. The number of para-hydroxylation sites is 4. The Balaban J connectivity index is 0.783. The van der Waals surface area contributed by atoms with Gasteiger partial charge in [0.25, 0.3) is 0 Å². The normalized spacial score (nSPS) is 11.8. The van der Waals surface area contributed by atoms with Crippen molar-refractivity contribution >= 4 is 65.4 Å². The van der Waals surface area contributed by atoms with Crippen LogP contribution in [0, 0.1) is 13.8 Å². The number of fused-ring (bicyclic) bond motifs is 9. The first-order valence-electron chi connectivity index (χ1n) is 26.4. The monoisotopic (exact) mass is 983 g/mol. The van der Waals surface area contributed by atoms with E-state index in [9.17, 15) is 0 Å². The highest BCUT2D eigenvalue weighted by Gasteiger charge is 2.20. The minimum absolute atomic E-state index is 0.718. The highest BCUT2D eigenvalue weighted by atomic mass is 15.0. The molecule has 0 saturated carbocycles. The Hall–Kier alpha value is -10.1. The van der Waals surface area contributed by atoms with Gasteiger partial charge in [-0.3, -0.25) is 0 Å². The van der Waals surface area contributed by atoms with Gasteiger partial charge in [-0.15, -0.1) is 0 Å². The lowest BCUT2D eigenvalue weighted by Gasteiger charge is -2.12. The molecule has 0 spiro atoms. The first kappa shape index (κ1) is 44.4. The molecular weight excluding hydrogens is 935 g/mol. The third-order valence-electron chi connectivity index (χ3n) is 15.6. The molecule has 0 aliphatic rings. The number of hydrogen-bond donors (Lipinski definition) is 0. The van der Waals surface area contributed by atoms with Crippen LogP contribution in [0.25, 0.3) is 139 Å². The average molecular weight is 984 g/mol. The Kier molecular flexibility index (Phi) is 10.3. The second kappa shape index (κ2) is 17.8. The molecule has 5 heteroatoms. The fourth-order valence-electron chi connectivity index (χ4n) is 11.7. The summed E-state index contributed by atoms with van der Waals surface area (Å²) >= 11 is 0. The molecule has 77 heavy (non-hydrogen) atoms. The summed E-state index contributed by atoms with van der Waals surface area (Å²) in [7, 11) is 0. The van der Waals surface area contributed by atoms with Gasteiger partial charge in [-0.05, 0) is 115 Å². The van der Waals surface area contributed by atoms with Crippen LogP contribution in [0.15, 0.2) is 261 Å². The van der Waals surface area contributed by atoms with Crippen molar-refractivity contribution in [2.45, 2.75) is 13.8 Å². The van der Waals surface area contributed by atoms with Crippen molar-refractivity contribution in [1.29, 1.82) is 0 Å². The molecule has 15 rings (SSSR count). The van der Waals surface area contributed by atoms with Crippen LogP contribution >= 0.6 is 0 Å². The summed E-state index contributed by atoms with van der Waals surface area (Å²) in [5.74, 6) is 0.718. The van der Waals surface area contributed by atoms with Crippen LogP contribution in [0.1, 0.15) is 11.1 Å². The molecule has 4 heterocycles. The number of hydrogen-bond acceptors (Lipinski definition) is 2. The maximum absolute atomic E-state index is 5.09. The van der Waals surface area contributed by atoms with E-state index >= 15 is 0 Å². The molecule has 4 aromatic heterocycles. The van der Waals surface area contributed by atoms with Crippen LogP contribution in [0.3, 0.4) is 0 Å². The summed E-state index contributed by atoms with van der Waals surface area (Å²) in [5.41, 5.74) is 22.5. The average Bonchev–Trinajstić information content (AvgIpc) is 4.23. The number of nitrogens with zero attached hydrogens (tertiary/aromatic N) is 5. The third kappa shape index (κ3) is 7.46. The molecular formula is C72H49N5. The highest BCUT2D eigenvalue weighted by molar-refractivity contribution is 6.14. The van der Waals surface area contributed by atoms with Crippen LogP contribution in [0.5, 0.6) is 0 Å². The van der Waals surface area contributed by atoms with Crippen molar-refractivity contribution in [3.63, 3.8) is 0 Å². The fraction of sp³-hybridized carbons (Fsp3) is 0.0278. The van der Waals surface area contributed by atoms with Crippen molar-refractivity contribution in [3.8, 4) is 73.2 Å². The van der Waals surface area contributed by atoms with Crippen LogP contribution in [-0.4, -0.2) is 23.7 Å². The lowest BCUT2D eigenvalue weighted by molar-refractivity contribution is 1.16. The van der Waals surface area contributed by atoms with E-state index in [0.29, 0.717) is 0 Å². The van der Waals surface area contributed by atoms with Gasteiger partial charge in [0.05, 0.1) is 44.5 Å². The van der Waals surface area contributed by atoms with Crippen molar-refractivity contribution in [2.24, 2.45) is 0 Å². The van der Waals surface area contributed by atoms with Crippen LogP contribution < -0.4 is 0 Å². The Morgan fingerprint density at radius 3 is 0.909 bits per heavy atom. The predicted octanol–water partition coefficient (Wildman–Crippen LogP) is 18.7. The molecule has 0 aliphatic carbocycles. The SMILES string of the molecule is Cc1ccc(-c2cc(-c3ccc(-c4ccc(-c5ccc(-n6c7ccc(-n8c9ccccc9c9ccccc98)cc7c7cc(-n8c9ccccc9c9ccccc98)ccc76)cc5)cc4)cc3)nc(-c3ccc(C)cc3)n2)cc1. The summed E-state index contributed by atoms with van der Waals surface area (Å²) < 4.78 is 7.27. The predicted molar refractivity (Wildman–Crippen MR) is 322 cm³/mol. The lowest BCUT2D eigenvalue weighted by atomic mass is 9.98. The topological polar surface area (TPSA) is 40.6 Å². The Morgan fingerprint density at radius 1 is 0.234 bits per heavy atom. The van der Waals surface area contributed by atoms with Crippen LogP contribution in [0.4, 0.5) is 0 Å². The number of rotatable bonds is 8. The van der Waals surface area contributed by atoms with Gasteiger partial charge < -0.3 is 13.7 Å². The molecule has 5 nitrogen and oxygen atoms in total. The summed E-state index contributed by atoms with van der Waals surface area (Å²) in [5, 5.41) is 7.41. The maximum atomic E-state index is 5.09. The second-order valence-electron chi connectivity index (χ2n) is 20.4. The molecule has 362 valence electrons. The zero-order chi connectivity index (χ0) is 51.1. The van der Waals surface area contributed by atoms with E-state index in [2.05, 4.69) is 288 Å². The van der Waals surface area contributed by atoms with Gasteiger partial charge >= 0.3 is 0 Å². The van der Waals surface area contributed by atoms with Crippen molar-refractivity contribution in [1.82, 2.24) is 23.7 Å². The Bertz CT molecular complexity index is 4430. The summed E-state index contributed by atoms with van der Waals surface area (Å²) in [4.78, 5) is 10.1. The van der Waals surface area contributed by atoms with Crippen molar-refractivity contribution in [2.75, 3.05) is 0 Å². The second-order valence-corrected chi connectivity index (χ2v) is 20.4. The smallest absolute Gasteiger partial charge is 0.160 e. The molecule has 0 N–H and O–H groups in total. The summed E-state index contributed by atoms with van der Waals surface area (Å²) in [6.45, 7) is 4.21. The van der Waals surface area contributed by atoms with Gasteiger partial charge in [0, 0.05) is 66.1 Å². The third-order valence-corrected chi connectivity index (χ3v) is 15.6. The molecule has 0 fully saturated rings. The van der Waals surface area contributed by atoms with Crippen molar-refractivity contribution in [3.05, 3.63) is 272 Å². The van der Waals surface area contributed by atoms with Gasteiger partial charge in [0.2, 0.25) is 0 Å². The quantitative estimate of drug-likeness (QED) is 0.152. The van der Waals surface area contributed by atoms with Gasteiger partial charge in [-0.2, -0.15) is 0 Å². The van der Waals surface area contributed by atoms with Gasteiger partial charge in [-0.1, -0.05) is 193 Å². The minimum Gasteiger partial charge on any atom is -0.309 e. The zero-order valence-electron chi connectivity index (χ0n) is 42.6. The van der Waals surface area contributed by atoms with E-state index in [1.54, 1.807) is 0 Å². The molecule has 0 atom stereocenters. The first-order chi connectivity index (χ1) is 38.0. The zero-order valence-corrected chi connectivity index (χ0v) is 42.6. The minimum atomic E-state index is 0.718. The van der Waals surface area contributed by atoms with E-state index in [-0.39, 0.29) is 0 Å². The van der Waals surface area contributed by atoms with E-state index in [4.69, 9.17) is 9.97 Å². The molecule has 0 amide bonds. The molecule has 0 aliphatic heterocycles. The lowest BCUT2D eigenvalue weighted by Crippen LogP contribution is -1.96. The fourth-order valence-corrected chi connectivity index (χ4v) is 11.7. The van der Waals surface area contributed by atoms with Crippen LogP contribution in [0.2, 0.25) is 0 Å². The summed E-state index contributed by atoms with van der Waals surface area (Å²) in [6.07, 6.45) is 0. The maximum Gasteiger partial charge on any atom is 0.160 e. The molecule has 0 bridgehead atoms. The summed E-state index contributed by atoms with van der Waals surface area (Å²) in [6, 6.07) is 94.8. The van der Waals surface area contributed by atoms with Gasteiger partial charge in [0.1, 0.15) is 0 Å². The molecule has 0 radical (unpaired) electrons. The van der Waals surface area contributed by atoms with Crippen molar-refractivity contribution < 1.29 is 0 Å². The van der Waals surface area contributed by atoms with E-state index in [1.165, 1.54) is 71.1 Å². The van der Waals surface area contributed by atoms with Gasteiger partial charge in [-0.25, -0.2) is 9.97 Å². The standard InChI is InChI=1S/C72H49N5/c1-46-19-23-52(24-20-46)64-45-65(74-72(73-64)54-25-21-47(2)22-26-54)53-33-31-50(32-34-53)48-27-29-49(30-28-48)51-35-37-55(38-36-51)75-70-41-39-56(76-66-15-7-3-11-58(66)59-12-4-8-16-67(59)76)43-62(70)63-44-57(40-42-71(63)75)77-68-17-9-5-13-60(68)61-14-6-10-18-69(61)77/h3-45H,1-2H3. The molecule has 11 aromatic carbocycles. The Labute approximate surface area is 445 Å².